The molecule has 0 bridgehead atoms. The molecule has 0 rings (SSSR count). The Labute approximate surface area is 109 Å². The normalized spacial score (nSPS) is 9.94. The maximum absolute atomic E-state index is 11.9. The van der Waals surface area contributed by atoms with Crippen molar-refractivity contribution in [1.29, 1.82) is 5.26 Å². The molecule has 0 fully saturated rings. The molecule has 0 radical (unpaired) electrons. The van der Waals surface area contributed by atoms with Crippen molar-refractivity contribution >= 4 is 11.9 Å². The fourth-order valence-corrected chi connectivity index (χ4v) is 1.54. The average molecular weight is 254 g/mol. The van der Waals surface area contributed by atoms with Crippen molar-refractivity contribution in [3.05, 3.63) is 0 Å². The molecular weight excluding hydrogens is 232 g/mol. The van der Waals surface area contributed by atoms with E-state index in [0.29, 0.717) is 32.0 Å². The number of carbonyl (C=O) groups excluding carboxylic acids is 2. The smallest absolute Gasteiger partial charge is 0.306 e. The maximum Gasteiger partial charge on any atom is 0.306 e. The molecule has 0 aromatic heterocycles. The summed E-state index contributed by atoms with van der Waals surface area (Å²) in [6.07, 6.45) is 0.572. The molecule has 0 N–H and O–H groups in total. The first-order valence-electron chi connectivity index (χ1n) is 6.31. The van der Waals surface area contributed by atoms with Crippen LogP contribution in [0.15, 0.2) is 0 Å². The molecule has 18 heavy (non-hydrogen) atoms. The quantitative estimate of drug-likeness (QED) is 0.618. The topological polar surface area (TPSA) is 70.4 Å². The van der Waals surface area contributed by atoms with Crippen molar-refractivity contribution in [3.63, 3.8) is 0 Å². The van der Waals surface area contributed by atoms with Crippen LogP contribution < -0.4 is 0 Å². The number of amides is 1. The van der Waals surface area contributed by atoms with Gasteiger partial charge in [0.25, 0.3) is 0 Å². The summed E-state index contributed by atoms with van der Waals surface area (Å²) in [5.41, 5.74) is 0. The number of nitriles is 1. The summed E-state index contributed by atoms with van der Waals surface area (Å²) in [7, 11) is 0. The highest BCUT2D eigenvalue weighted by atomic mass is 16.5. The largest absolute Gasteiger partial charge is 0.466 e. The molecular formula is C13H22N2O3. The van der Waals surface area contributed by atoms with Crippen molar-refractivity contribution in [1.82, 2.24) is 4.90 Å². The second-order valence-electron chi connectivity index (χ2n) is 4.45. The van der Waals surface area contributed by atoms with Crippen LogP contribution in [0.4, 0.5) is 0 Å². The van der Waals surface area contributed by atoms with Crippen LogP contribution in [0.5, 0.6) is 0 Å². The Morgan fingerprint density at radius 1 is 1.33 bits per heavy atom. The van der Waals surface area contributed by atoms with Crippen molar-refractivity contribution in [2.24, 2.45) is 5.92 Å². The lowest BCUT2D eigenvalue weighted by molar-refractivity contribution is -0.145. The standard InChI is InChI=1S/C13H22N2O3/c1-4-18-13(17)7-6-12(16)15(9-5-8-14)10-11(2)3/h11H,4-7,9-10H2,1-3H3. The monoisotopic (exact) mass is 254 g/mol. The second-order valence-corrected chi connectivity index (χ2v) is 4.45. The minimum Gasteiger partial charge on any atom is -0.466 e. The van der Waals surface area contributed by atoms with E-state index in [0.717, 1.165) is 0 Å². The molecule has 0 aromatic carbocycles. The molecule has 102 valence electrons. The highest BCUT2D eigenvalue weighted by Crippen LogP contribution is 2.05. The molecule has 0 saturated heterocycles. The lowest BCUT2D eigenvalue weighted by Gasteiger charge is -2.23. The van der Waals surface area contributed by atoms with Gasteiger partial charge in [-0.05, 0) is 12.8 Å². The SMILES string of the molecule is CCOC(=O)CCC(=O)N(CCC#N)CC(C)C. The van der Waals surface area contributed by atoms with Crippen LogP contribution >= 0.6 is 0 Å². The zero-order chi connectivity index (χ0) is 14.0. The van der Waals surface area contributed by atoms with Gasteiger partial charge in [-0.3, -0.25) is 9.59 Å². The molecule has 1 amide bonds. The Kier molecular flexibility index (Phi) is 8.63. The van der Waals surface area contributed by atoms with E-state index in [2.05, 4.69) is 0 Å². The van der Waals surface area contributed by atoms with Crippen LogP contribution in [-0.4, -0.2) is 36.5 Å². The summed E-state index contributed by atoms with van der Waals surface area (Å²) in [4.78, 5) is 24.7. The lowest BCUT2D eigenvalue weighted by atomic mass is 10.2. The van der Waals surface area contributed by atoms with E-state index < -0.39 is 0 Å². The van der Waals surface area contributed by atoms with E-state index in [9.17, 15) is 9.59 Å². The Morgan fingerprint density at radius 2 is 2.00 bits per heavy atom. The van der Waals surface area contributed by atoms with E-state index in [1.165, 1.54) is 0 Å². The molecule has 0 spiro atoms. The Bertz CT molecular complexity index is 308. The fourth-order valence-electron chi connectivity index (χ4n) is 1.54. The van der Waals surface area contributed by atoms with E-state index in [4.69, 9.17) is 10.00 Å². The van der Waals surface area contributed by atoms with Gasteiger partial charge < -0.3 is 9.64 Å². The van der Waals surface area contributed by atoms with Gasteiger partial charge in [0.05, 0.1) is 25.5 Å². The molecule has 5 nitrogen and oxygen atoms in total. The summed E-state index contributed by atoms with van der Waals surface area (Å²) >= 11 is 0. The average Bonchev–Trinajstić information content (AvgIpc) is 2.31. The minimum absolute atomic E-state index is 0.0907. The van der Waals surface area contributed by atoms with Crippen molar-refractivity contribution < 1.29 is 14.3 Å². The maximum atomic E-state index is 11.9. The van der Waals surface area contributed by atoms with Gasteiger partial charge in [-0.2, -0.15) is 5.26 Å². The molecule has 0 atom stereocenters. The zero-order valence-corrected chi connectivity index (χ0v) is 11.4. The predicted octanol–water partition coefficient (Wildman–Crippen LogP) is 1.73. The third kappa shape index (κ3) is 7.66. The van der Waals surface area contributed by atoms with Crippen LogP contribution in [-0.2, 0) is 14.3 Å². The molecule has 0 heterocycles. The third-order valence-corrected chi connectivity index (χ3v) is 2.28. The fraction of sp³-hybridized carbons (Fsp3) is 0.769. The summed E-state index contributed by atoms with van der Waals surface area (Å²) < 4.78 is 4.77. The first kappa shape index (κ1) is 16.4. The molecule has 0 aliphatic heterocycles. The zero-order valence-electron chi connectivity index (χ0n) is 11.4. The van der Waals surface area contributed by atoms with Gasteiger partial charge in [0, 0.05) is 19.5 Å². The summed E-state index contributed by atoms with van der Waals surface area (Å²) in [5.74, 6) is -0.0992. The third-order valence-electron chi connectivity index (χ3n) is 2.28. The first-order chi connectivity index (χ1) is 8.51. The highest BCUT2D eigenvalue weighted by Gasteiger charge is 2.16. The number of nitrogens with zero attached hydrogens (tertiary/aromatic N) is 2. The highest BCUT2D eigenvalue weighted by molar-refractivity contribution is 5.81. The summed E-state index contributed by atoms with van der Waals surface area (Å²) in [6, 6.07) is 2.03. The molecule has 0 aliphatic rings. The van der Waals surface area contributed by atoms with E-state index in [1.54, 1.807) is 11.8 Å². The summed E-state index contributed by atoms with van der Waals surface area (Å²) in [6.45, 7) is 7.13. The number of carbonyl (C=O) groups is 2. The number of rotatable bonds is 8. The molecule has 5 heteroatoms. The van der Waals surface area contributed by atoms with Gasteiger partial charge >= 0.3 is 5.97 Å². The van der Waals surface area contributed by atoms with Crippen molar-refractivity contribution in [2.75, 3.05) is 19.7 Å². The predicted molar refractivity (Wildman–Crippen MR) is 67.5 cm³/mol. The minimum atomic E-state index is -0.351. The van der Waals surface area contributed by atoms with Gasteiger partial charge in [0.1, 0.15) is 0 Å². The van der Waals surface area contributed by atoms with Gasteiger partial charge in [-0.1, -0.05) is 13.8 Å². The van der Waals surface area contributed by atoms with E-state index in [1.807, 2.05) is 19.9 Å². The van der Waals surface area contributed by atoms with Crippen LogP contribution in [0, 0.1) is 17.2 Å². The molecule has 0 saturated carbocycles. The van der Waals surface area contributed by atoms with Crippen LogP contribution in [0.3, 0.4) is 0 Å². The van der Waals surface area contributed by atoms with Crippen LogP contribution in [0.2, 0.25) is 0 Å². The first-order valence-corrected chi connectivity index (χ1v) is 6.31. The van der Waals surface area contributed by atoms with Crippen LogP contribution in [0.25, 0.3) is 0 Å². The number of hydrogen-bond donors (Lipinski definition) is 0. The summed E-state index contributed by atoms with van der Waals surface area (Å²) in [5, 5.41) is 8.56. The molecule has 0 aromatic rings. The number of ether oxygens (including phenoxy) is 1. The number of hydrogen-bond acceptors (Lipinski definition) is 4. The second kappa shape index (κ2) is 9.46. The molecule has 0 aliphatic carbocycles. The van der Waals surface area contributed by atoms with E-state index >= 15 is 0 Å². The van der Waals surface area contributed by atoms with Crippen molar-refractivity contribution in [2.45, 2.75) is 40.0 Å². The van der Waals surface area contributed by atoms with Crippen molar-refractivity contribution in [3.8, 4) is 6.07 Å². The van der Waals surface area contributed by atoms with Gasteiger partial charge in [0.2, 0.25) is 5.91 Å². The Hall–Kier alpha value is -1.57. The van der Waals surface area contributed by atoms with Gasteiger partial charge in [-0.25, -0.2) is 0 Å². The van der Waals surface area contributed by atoms with Gasteiger partial charge in [-0.15, -0.1) is 0 Å². The molecule has 0 unspecified atom stereocenters. The Morgan fingerprint density at radius 3 is 2.50 bits per heavy atom. The van der Waals surface area contributed by atoms with Gasteiger partial charge in [0.15, 0.2) is 0 Å². The number of esters is 1. The van der Waals surface area contributed by atoms with Crippen LogP contribution in [0.1, 0.15) is 40.0 Å². The lowest BCUT2D eigenvalue weighted by Crippen LogP contribution is -2.35. The van der Waals surface area contributed by atoms with E-state index in [-0.39, 0.29) is 24.7 Å². The Balaban J connectivity index is 4.20.